The molecule has 7 heteroatoms. The summed E-state index contributed by atoms with van der Waals surface area (Å²) in [6.45, 7) is 2.92. The number of para-hydroxylation sites is 1. The lowest BCUT2D eigenvalue weighted by Gasteiger charge is -2.35. The van der Waals surface area contributed by atoms with Crippen LogP contribution in [0.3, 0.4) is 0 Å². The van der Waals surface area contributed by atoms with Crippen molar-refractivity contribution in [3.63, 3.8) is 0 Å². The molecule has 4 rings (SSSR count). The van der Waals surface area contributed by atoms with Crippen LogP contribution in [-0.4, -0.2) is 47.9 Å². The zero-order valence-electron chi connectivity index (χ0n) is 13.1. The molecule has 0 saturated carbocycles. The maximum absolute atomic E-state index is 12.6. The number of rotatable bonds is 3. The first-order chi connectivity index (χ1) is 11.7. The number of thiazole rings is 1. The fourth-order valence-electron chi connectivity index (χ4n) is 3.30. The molecule has 1 aromatic carbocycles. The van der Waals surface area contributed by atoms with Crippen LogP contribution in [-0.2, 0) is 9.59 Å². The summed E-state index contributed by atoms with van der Waals surface area (Å²) >= 11 is 1.62. The molecule has 2 aliphatic heterocycles. The van der Waals surface area contributed by atoms with Gasteiger partial charge in [-0.15, -0.1) is 11.3 Å². The third-order valence-corrected chi connectivity index (χ3v) is 5.44. The van der Waals surface area contributed by atoms with Gasteiger partial charge in [-0.3, -0.25) is 9.59 Å². The highest BCUT2D eigenvalue weighted by atomic mass is 32.1. The average molecular weight is 342 g/mol. The number of carbonyl (C=O) groups excluding carboxylic acids is 2. The molecule has 3 heterocycles. The first-order valence-corrected chi connectivity index (χ1v) is 8.92. The molecule has 1 saturated heterocycles. The second-order valence-electron chi connectivity index (χ2n) is 6.02. The Morgan fingerprint density at radius 1 is 1.25 bits per heavy atom. The summed E-state index contributed by atoms with van der Waals surface area (Å²) in [6, 6.07) is 7.60. The third kappa shape index (κ3) is 2.75. The lowest BCUT2D eigenvalue weighted by Crippen LogP contribution is -2.49. The summed E-state index contributed by atoms with van der Waals surface area (Å²) in [5.41, 5.74) is 1.76. The van der Waals surface area contributed by atoms with Crippen LogP contribution >= 0.6 is 11.3 Å². The van der Waals surface area contributed by atoms with Gasteiger partial charge in [0.05, 0.1) is 5.92 Å². The van der Waals surface area contributed by atoms with Crippen LogP contribution in [0.2, 0.25) is 0 Å². The summed E-state index contributed by atoms with van der Waals surface area (Å²) < 4.78 is 0. The average Bonchev–Trinajstić information content (AvgIpc) is 3.24. The Morgan fingerprint density at radius 3 is 2.79 bits per heavy atom. The second kappa shape index (κ2) is 6.24. The Morgan fingerprint density at radius 2 is 2.04 bits per heavy atom. The number of nitrogens with one attached hydrogen (secondary N) is 1. The Kier molecular flexibility index (Phi) is 3.93. The fraction of sp³-hybridized carbons (Fsp3) is 0.353. The molecule has 0 aliphatic carbocycles. The monoisotopic (exact) mass is 342 g/mol. The van der Waals surface area contributed by atoms with E-state index in [9.17, 15) is 9.59 Å². The molecule has 1 unspecified atom stereocenters. The predicted octanol–water partition coefficient (Wildman–Crippen LogP) is 1.92. The van der Waals surface area contributed by atoms with Crippen molar-refractivity contribution in [1.29, 1.82) is 0 Å². The van der Waals surface area contributed by atoms with E-state index in [1.54, 1.807) is 17.5 Å². The molecule has 1 fully saturated rings. The van der Waals surface area contributed by atoms with Gasteiger partial charge < -0.3 is 15.1 Å². The largest absolute Gasteiger partial charge is 0.345 e. The number of hydrogen-bond acceptors (Lipinski definition) is 5. The van der Waals surface area contributed by atoms with E-state index >= 15 is 0 Å². The van der Waals surface area contributed by atoms with Gasteiger partial charge in [-0.25, -0.2) is 4.98 Å². The van der Waals surface area contributed by atoms with Gasteiger partial charge in [-0.1, -0.05) is 18.2 Å². The molecule has 0 bridgehead atoms. The molecule has 0 spiro atoms. The molecule has 0 radical (unpaired) electrons. The van der Waals surface area contributed by atoms with E-state index in [-0.39, 0.29) is 24.2 Å². The van der Waals surface area contributed by atoms with Gasteiger partial charge in [0.1, 0.15) is 0 Å². The standard InChI is InChI=1S/C17H18N4O2S/c22-15(11-13-12-3-1-2-4-14(12)19-16(13)23)20-6-8-21(9-7-20)17-18-5-10-24-17/h1-5,10,13H,6-9,11H2,(H,19,23). The molecular formula is C17H18N4O2S. The zero-order valence-corrected chi connectivity index (χ0v) is 14.0. The molecular weight excluding hydrogens is 324 g/mol. The molecule has 2 aromatic rings. The molecule has 1 aromatic heterocycles. The van der Waals surface area contributed by atoms with E-state index in [1.165, 1.54) is 0 Å². The van der Waals surface area contributed by atoms with Crippen molar-refractivity contribution in [2.75, 3.05) is 36.4 Å². The SMILES string of the molecule is O=C1Nc2ccccc2C1CC(=O)N1CCN(c2nccs2)CC1. The van der Waals surface area contributed by atoms with E-state index < -0.39 is 0 Å². The summed E-state index contributed by atoms with van der Waals surface area (Å²) in [6.07, 6.45) is 2.04. The zero-order chi connectivity index (χ0) is 16.5. The maximum atomic E-state index is 12.6. The highest BCUT2D eigenvalue weighted by Crippen LogP contribution is 2.34. The number of nitrogens with zero attached hydrogens (tertiary/aromatic N) is 3. The van der Waals surface area contributed by atoms with E-state index in [4.69, 9.17) is 0 Å². The molecule has 24 heavy (non-hydrogen) atoms. The smallest absolute Gasteiger partial charge is 0.232 e. The van der Waals surface area contributed by atoms with Crippen molar-refractivity contribution in [3.8, 4) is 0 Å². The van der Waals surface area contributed by atoms with Crippen LogP contribution in [0, 0.1) is 0 Å². The Hall–Kier alpha value is -2.41. The van der Waals surface area contributed by atoms with Gasteiger partial charge in [-0.05, 0) is 11.6 Å². The minimum Gasteiger partial charge on any atom is -0.345 e. The van der Waals surface area contributed by atoms with Crippen LogP contribution in [0.1, 0.15) is 17.9 Å². The number of amides is 2. The molecule has 6 nitrogen and oxygen atoms in total. The van der Waals surface area contributed by atoms with Crippen LogP contribution in [0.5, 0.6) is 0 Å². The minimum atomic E-state index is -0.370. The summed E-state index contributed by atoms with van der Waals surface area (Å²) in [7, 11) is 0. The van der Waals surface area contributed by atoms with Crippen molar-refractivity contribution in [2.45, 2.75) is 12.3 Å². The number of aromatic nitrogens is 1. The second-order valence-corrected chi connectivity index (χ2v) is 6.89. The summed E-state index contributed by atoms with van der Waals surface area (Å²) in [5, 5.41) is 5.82. The number of piperazine rings is 1. The Labute approximate surface area is 144 Å². The highest BCUT2D eigenvalue weighted by molar-refractivity contribution is 7.13. The van der Waals surface area contributed by atoms with Crippen LogP contribution in [0.25, 0.3) is 0 Å². The van der Waals surface area contributed by atoms with Crippen LogP contribution < -0.4 is 10.2 Å². The third-order valence-electron chi connectivity index (χ3n) is 4.61. The lowest BCUT2D eigenvalue weighted by molar-refractivity contribution is -0.133. The Balaban J connectivity index is 1.38. The number of benzene rings is 1. The van der Waals surface area contributed by atoms with Crippen molar-refractivity contribution < 1.29 is 9.59 Å². The summed E-state index contributed by atoms with van der Waals surface area (Å²) in [4.78, 5) is 33.2. The Bertz CT molecular complexity index is 754. The lowest BCUT2D eigenvalue weighted by atomic mass is 9.96. The number of hydrogen-bond donors (Lipinski definition) is 1. The topological polar surface area (TPSA) is 65.5 Å². The van der Waals surface area contributed by atoms with Gasteiger partial charge in [0, 0.05) is 49.9 Å². The number of fused-ring (bicyclic) bond motifs is 1. The molecule has 2 amide bonds. The van der Waals surface area contributed by atoms with E-state index in [2.05, 4.69) is 15.2 Å². The van der Waals surface area contributed by atoms with Crippen molar-refractivity contribution >= 4 is 34.0 Å². The van der Waals surface area contributed by atoms with Gasteiger partial charge in [-0.2, -0.15) is 0 Å². The fourth-order valence-corrected chi connectivity index (χ4v) is 4.00. The first kappa shape index (κ1) is 15.1. The number of carbonyl (C=O) groups is 2. The van der Waals surface area contributed by atoms with Crippen LogP contribution in [0.4, 0.5) is 10.8 Å². The molecule has 1 N–H and O–H groups in total. The van der Waals surface area contributed by atoms with E-state index in [0.29, 0.717) is 13.1 Å². The first-order valence-electron chi connectivity index (χ1n) is 8.04. The quantitative estimate of drug-likeness (QED) is 0.925. The van der Waals surface area contributed by atoms with Gasteiger partial charge >= 0.3 is 0 Å². The normalized spacial score (nSPS) is 20.0. The van der Waals surface area contributed by atoms with Gasteiger partial charge in [0.2, 0.25) is 11.8 Å². The summed E-state index contributed by atoms with van der Waals surface area (Å²) in [5.74, 6) is -0.401. The molecule has 124 valence electrons. The maximum Gasteiger partial charge on any atom is 0.232 e. The van der Waals surface area contributed by atoms with Gasteiger partial charge in [0.15, 0.2) is 5.13 Å². The molecule has 2 aliphatic rings. The van der Waals surface area contributed by atoms with Crippen molar-refractivity contribution in [1.82, 2.24) is 9.88 Å². The van der Waals surface area contributed by atoms with Crippen LogP contribution in [0.15, 0.2) is 35.8 Å². The predicted molar refractivity (Wildman–Crippen MR) is 93.3 cm³/mol. The molecule has 1 atom stereocenters. The van der Waals surface area contributed by atoms with Gasteiger partial charge in [0.25, 0.3) is 0 Å². The van der Waals surface area contributed by atoms with Crippen molar-refractivity contribution in [3.05, 3.63) is 41.4 Å². The minimum absolute atomic E-state index is 0.0469. The van der Waals surface area contributed by atoms with Crippen molar-refractivity contribution in [2.24, 2.45) is 0 Å². The van der Waals surface area contributed by atoms with E-state index in [1.807, 2.05) is 34.5 Å². The highest BCUT2D eigenvalue weighted by Gasteiger charge is 2.34. The number of anilines is 2. The van der Waals surface area contributed by atoms with E-state index in [0.717, 1.165) is 29.5 Å².